The Morgan fingerprint density at radius 1 is 1.32 bits per heavy atom. The van der Waals surface area contributed by atoms with E-state index in [1.165, 1.54) is 0 Å². The molecule has 2 aromatic heterocycles. The monoisotopic (exact) mass is 258 g/mol. The van der Waals surface area contributed by atoms with Crippen LogP contribution in [0.1, 0.15) is 11.9 Å². The number of benzene rings is 1. The van der Waals surface area contributed by atoms with Crippen molar-refractivity contribution in [2.24, 2.45) is 7.05 Å². The largest absolute Gasteiger partial charge is 0.466 e. The van der Waals surface area contributed by atoms with Gasteiger partial charge in [-0.1, -0.05) is 12.1 Å². The Morgan fingerprint density at radius 2 is 2.11 bits per heavy atom. The molecule has 3 aromatic rings. The Balaban J connectivity index is 2.03. The number of anilines is 1. The lowest BCUT2D eigenvalue weighted by atomic mass is 10.2. The van der Waals surface area contributed by atoms with Gasteiger partial charge >= 0.3 is 5.95 Å². The number of fused-ring (bicyclic) bond motifs is 1. The number of imidazole rings is 1. The van der Waals surface area contributed by atoms with Gasteiger partial charge in [0.1, 0.15) is 29.4 Å². The first-order chi connectivity index (χ1) is 9.18. The summed E-state index contributed by atoms with van der Waals surface area (Å²) in [7, 11) is 1.91. The Kier molecular flexibility index (Phi) is 2.76. The number of furan rings is 1. The highest BCUT2D eigenvalue weighted by molar-refractivity contribution is 5.73. The third kappa shape index (κ3) is 1.88. The molecule has 0 spiro atoms. The van der Waals surface area contributed by atoms with Gasteiger partial charge in [-0.15, -0.1) is 0 Å². The molecule has 1 atom stereocenters. The average Bonchev–Trinajstić information content (AvgIpc) is 3.03. The van der Waals surface area contributed by atoms with Crippen LogP contribution in [0.4, 0.5) is 5.95 Å². The molecule has 0 amide bonds. The summed E-state index contributed by atoms with van der Waals surface area (Å²) in [6.45, 7) is 0.362. The smallest absolute Gasteiger partial charge is 0.355 e. The standard InChI is InChI=1S/C14H15N3O2/c1-16-10-5-2-3-6-11(10)17(14(16)15)9-12(18)13-7-4-8-19-13/h2-8,12,15,18H,9H2,1H3/p+1/t12-/m0/s1. The zero-order chi connectivity index (χ0) is 13.4. The van der Waals surface area contributed by atoms with Crippen LogP contribution < -0.4 is 10.3 Å². The molecule has 0 radical (unpaired) electrons. The fourth-order valence-corrected chi connectivity index (χ4v) is 2.34. The lowest BCUT2D eigenvalue weighted by Gasteiger charge is -2.07. The van der Waals surface area contributed by atoms with E-state index in [0.29, 0.717) is 18.3 Å². The molecule has 5 nitrogen and oxygen atoms in total. The highest BCUT2D eigenvalue weighted by Crippen LogP contribution is 2.21. The number of nitrogens with two attached hydrogens (primary N) is 1. The summed E-state index contributed by atoms with van der Waals surface area (Å²) in [4.78, 5) is 0. The second-order valence-electron chi connectivity index (χ2n) is 4.55. The normalized spacial score (nSPS) is 12.9. The lowest BCUT2D eigenvalue weighted by Crippen LogP contribution is -2.31. The maximum absolute atomic E-state index is 10.2. The first-order valence-corrected chi connectivity index (χ1v) is 6.12. The number of aliphatic hydroxyl groups is 1. The minimum absolute atomic E-state index is 0.362. The maximum Gasteiger partial charge on any atom is 0.355 e. The first-order valence-electron chi connectivity index (χ1n) is 6.12. The Morgan fingerprint density at radius 3 is 2.84 bits per heavy atom. The van der Waals surface area contributed by atoms with Crippen LogP contribution in [-0.2, 0) is 13.6 Å². The summed E-state index contributed by atoms with van der Waals surface area (Å²) in [6.07, 6.45) is 0.837. The van der Waals surface area contributed by atoms with E-state index in [1.807, 2.05) is 40.4 Å². The number of para-hydroxylation sites is 2. The molecule has 98 valence electrons. The molecule has 5 heteroatoms. The van der Waals surface area contributed by atoms with Crippen molar-refractivity contribution in [3.63, 3.8) is 0 Å². The number of rotatable bonds is 3. The summed E-state index contributed by atoms with van der Waals surface area (Å²) in [5.41, 5.74) is 8.13. The predicted octanol–water partition coefficient (Wildman–Crippen LogP) is 1.37. The Hall–Kier alpha value is -2.27. The fourth-order valence-electron chi connectivity index (χ4n) is 2.34. The Bertz CT molecular complexity index is 701. The molecule has 3 N–H and O–H groups in total. The molecule has 0 fully saturated rings. The second-order valence-corrected chi connectivity index (χ2v) is 4.55. The van der Waals surface area contributed by atoms with Crippen molar-refractivity contribution < 1.29 is 14.1 Å². The van der Waals surface area contributed by atoms with Gasteiger partial charge in [0, 0.05) is 0 Å². The molecule has 0 saturated heterocycles. The van der Waals surface area contributed by atoms with Gasteiger partial charge in [0.2, 0.25) is 0 Å². The van der Waals surface area contributed by atoms with E-state index in [4.69, 9.17) is 10.2 Å². The fraction of sp³-hybridized carbons (Fsp3) is 0.214. The molecule has 2 heterocycles. The van der Waals surface area contributed by atoms with E-state index in [9.17, 15) is 5.11 Å². The molecule has 0 unspecified atom stereocenters. The van der Waals surface area contributed by atoms with E-state index in [-0.39, 0.29) is 0 Å². The summed E-state index contributed by atoms with van der Waals surface area (Å²) < 4.78 is 9.01. The van der Waals surface area contributed by atoms with Gasteiger partial charge in [-0.3, -0.25) is 5.73 Å². The Labute approximate surface area is 110 Å². The SMILES string of the molecule is C[n+]1c(N)n(C[C@H](O)c2ccco2)c2ccccc21. The van der Waals surface area contributed by atoms with Crippen LogP contribution in [-0.4, -0.2) is 9.67 Å². The number of aromatic nitrogens is 2. The van der Waals surface area contributed by atoms with E-state index in [0.717, 1.165) is 11.0 Å². The molecule has 0 bridgehead atoms. The quantitative estimate of drug-likeness (QED) is 0.697. The van der Waals surface area contributed by atoms with Crippen LogP contribution >= 0.6 is 0 Å². The molecule has 0 aliphatic rings. The lowest BCUT2D eigenvalue weighted by molar-refractivity contribution is -0.630. The van der Waals surface area contributed by atoms with Crippen molar-refractivity contribution in [1.82, 2.24) is 4.57 Å². The molecule has 0 saturated carbocycles. The topological polar surface area (TPSA) is 68.2 Å². The maximum atomic E-state index is 10.2. The summed E-state index contributed by atoms with van der Waals surface area (Å²) >= 11 is 0. The van der Waals surface area contributed by atoms with E-state index >= 15 is 0 Å². The van der Waals surface area contributed by atoms with E-state index < -0.39 is 6.10 Å². The molecular formula is C14H16N3O2+. The minimum Gasteiger partial charge on any atom is -0.466 e. The number of hydrogen-bond donors (Lipinski definition) is 2. The van der Waals surface area contributed by atoms with Gasteiger partial charge in [-0.2, -0.15) is 0 Å². The van der Waals surface area contributed by atoms with Crippen molar-refractivity contribution >= 4 is 17.0 Å². The van der Waals surface area contributed by atoms with Gasteiger partial charge < -0.3 is 9.52 Å². The molecule has 0 aliphatic carbocycles. The number of nitrogens with zero attached hydrogens (tertiary/aromatic N) is 2. The third-order valence-electron chi connectivity index (χ3n) is 3.38. The van der Waals surface area contributed by atoms with Gasteiger partial charge in [0.25, 0.3) is 0 Å². The summed E-state index contributed by atoms with van der Waals surface area (Å²) in [6, 6.07) is 11.4. The highest BCUT2D eigenvalue weighted by Gasteiger charge is 2.22. The van der Waals surface area contributed by atoms with Crippen molar-refractivity contribution in [2.45, 2.75) is 12.6 Å². The van der Waals surface area contributed by atoms with Crippen LogP contribution in [0.25, 0.3) is 11.0 Å². The average molecular weight is 258 g/mol. The zero-order valence-corrected chi connectivity index (χ0v) is 10.7. The van der Waals surface area contributed by atoms with Crippen LogP contribution in [0.15, 0.2) is 47.1 Å². The van der Waals surface area contributed by atoms with E-state index in [2.05, 4.69) is 0 Å². The molecule has 3 rings (SSSR count). The second kappa shape index (κ2) is 4.44. The number of aliphatic hydroxyl groups excluding tert-OH is 1. The van der Waals surface area contributed by atoms with Crippen LogP contribution in [0.5, 0.6) is 0 Å². The van der Waals surface area contributed by atoms with Gasteiger partial charge in [0.15, 0.2) is 0 Å². The summed E-state index contributed by atoms with van der Waals surface area (Å²) in [5, 5.41) is 10.2. The number of aryl methyl sites for hydroxylation is 1. The van der Waals surface area contributed by atoms with Crippen molar-refractivity contribution in [1.29, 1.82) is 0 Å². The third-order valence-corrected chi connectivity index (χ3v) is 3.38. The molecule has 1 aromatic carbocycles. The van der Waals surface area contributed by atoms with Gasteiger partial charge in [-0.05, 0) is 24.3 Å². The zero-order valence-electron chi connectivity index (χ0n) is 10.7. The molecule has 19 heavy (non-hydrogen) atoms. The van der Waals surface area contributed by atoms with Crippen LogP contribution in [0.2, 0.25) is 0 Å². The van der Waals surface area contributed by atoms with Crippen molar-refractivity contribution in [2.75, 3.05) is 5.73 Å². The van der Waals surface area contributed by atoms with Crippen LogP contribution in [0, 0.1) is 0 Å². The van der Waals surface area contributed by atoms with Gasteiger partial charge in [0.05, 0.1) is 13.3 Å². The van der Waals surface area contributed by atoms with Gasteiger partial charge in [-0.25, -0.2) is 9.13 Å². The number of nitrogen functional groups attached to an aromatic ring is 1. The highest BCUT2D eigenvalue weighted by atomic mass is 16.4. The van der Waals surface area contributed by atoms with Crippen molar-refractivity contribution in [3.05, 3.63) is 48.4 Å². The predicted molar refractivity (Wildman–Crippen MR) is 71.2 cm³/mol. The first kappa shape index (κ1) is 11.8. The number of hydrogen-bond acceptors (Lipinski definition) is 3. The molecular weight excluding hydrogens is 242 g/mol. The van der Waals surface area contributed by atoms with Crippen LogP contribution in [0.3, 0.4) is 0 Å². The molecule has 0 aliphatic heterocycles. The van der Waals surface area contributed by atoms with E-state index in [1.54, 1.807) is 18.4 Å². The minimum atomic E-state index is -0.715. The van der Waals surface area contributed by atoms with Crippen molar-refractivity contribution in [3.8, 4) is 0 Å². The summed E-state index contributed by atoms with van der Waals surface area (Å²) in [5.74, 6) is 1.15.